The van der Waals surface area contributed by atoms with Gasteiger partial charge in [-0.2, -0.15) is 0 Å². The second kappa shape index (κ2) is 7.52. The molecule has 0 aliphatic carbocycles. The molecule has 0 atom stereocenters. The number of aliphatic hydroxyl groups excluding tert-OH is 1. The molecule has 0 saturated carbocycles. The van der Waals surface area contributed by atoms with Gasteiger partial charge < -0.3 is 18.9 Å². The fraction of sp³-hybridized carbons (Fsp3) is 0.227. The highest BCUT2D eigenvalue weighted by atomic mass is 16.5. The Morgan fingerprint density at radius 1 is 1.21 bits per heavy atom. The van der Waals surface area contributed by atoms with Gasteiger partial charge in [-0.15, -0.1) is 0 Å². The van der Waals surface area contributed by atoms with Gasteiger partial charge >= 0.3 is 0 Å². The maximum atomic E-state index is 12.9. The van der Waals surface area contributed by atoms with Gasteiger partial charge in [-0.05, 0) is 43.5 Å². The molecule has 0 spiro atoms. The van der Waals surface area contributed by atoms with Crippen LogP contribution in [-0.4, -0.2) is 26.9 Å². The van der Waals surface area contributed by atoms with Crippen LogP contribution in [0.4, 0.5) is 0 Å². The van der Waals surface area contributed by atoms with Gasteiger partial charge in [0.15, 0.2) is 0 Å². The Hall–Kier alpha value is -3.45. The molecule has 4 rings (SSSR count). The Morgan fingerprint density at radius 3 is 2.66 bits per heavy atom. The lowest BCUT2D eigenvalue weighted by atomic mass is 9.99. The van der Waals surface area contributed by atoms with Crippen LogP contribution in [0.1, 0.15) is 22.7 Å². The molecule has 0 unspecified atom stereocenters. The van der Waals surface area contributed by atoms with Crippen molar-refractivity contribution in [3.8, 4) is 16.9 Å². The second-order valence-corrected chi connectivity index (χ2v) is 6.85. The summed E-state index contributed by atoms with van der Waals surface area (Å²) in [5.74, 6) is 1.29. The summed E-state index contributed by atoms with van der Waals surface area (Å²) in [6.07, 6.45) is 1.69. The summed E-state index contributed by atoms with van der Waals surface area (Å²) in [5.41, 5.74) is 3.95. The highest BCUT2D eigenvalue weighted by Crippen LogP contribution is 2.37. The summed E-state index contributed by atoms with van der Waals surface area (Å²) in [4.78, 5) is 17.3. The molecular weight excluding hydrogens is 370 g/mol. The van der Waals surface area contributed by atoms with Crippen LogP contribution in [0.15, 0.2) is 51.9 Å². The lowest BCUT2D eigenvalue weighted by molar-refractivity contribution is 0.279. The standard InChI is InChI=1S/C22H21N3O4/c1-13-21(14(2)29-24-13)18-9-15-8-16(12-26)22(27)25(19(15)10-20(18)28-3)11-17-6-4-5-7-23-17/h4-10,26H,11-12H2,1-3H3. The van der Waals surface area contributed by atoms with E-state index in [-0.39, 0.29) is 18.7 Å². The molecule has 1 aromatic carbocycles. The van der Waals surface area contributed by atoms with Crippen LogP contribution < -0.4 is 10.3 Å². The number of aromatic nitrogens is 3. The van der Waals surface area contributed by atoms with Gasteiger partial charge in [-0.25, -0.2) is 0 Å². The fourth-order valence-corrected chi connectivity index (χ4v) is 3.62. The van der Waals surface area contributed by atoms with Gasteiger partial charge in [0.05, 0.1) is 42.7 Å². The normalized spacial score (nSPS) is 11.2. The van der Waals surface area contributed by atoms with Crippen molar-refractivity contribution in [2.24, 2.45) is 0 Å². The van der Waals surface area contributed by atoms with Gasteiger partial charge in [-0.1, -0.05) is 11.2 Å². The predicted octanol–water partition coefficient (Wildman–Crippen LogP) is 3.22. The summed E-state index contributed by atoms with van der Waals surface area (Å²) >= 11 is 0. The zero-order chi connectivity index (χ0) is 20.5. The lowest BCUT2D eigenvalue weighted by Crippen LogP contribution is -2.25. The maximum Gasteiger partial charge on any atom is 0.256 e. The number of methoxy groups -OCH3 is 1. The number of rotatable bonds is 5. The zero-order valence-electron chi connectivity index (χ0n) is 16.5. The average molecular weight is 391 g/mol. The molecule has 4 aromatic rings. The molecule has 3 heterocycles. The van der Waals surface area contributed by atoms with Crippen LogP contribution >= 0.6 is 0 Å². The summed E-state index contributed by atoms with van der Waals surface area (Å²) in [7, 11) is 1.59. The third-order valence-corrected chi connectivity index (χ3v) is 5.01. The average Bonchev–Trinajstić information content (AvgIpc) is 3.07. The van der Waals surface area contributed by atoms with E-state index in [1.54, 1.807) is 23.9 Å². The van der Waals surface area contributed by atoms with E-state index in [0.29, 0.717) is 22.6 Å². The Labute approximate surface area is 167 Å². The molecule has 0 bridgehead atoms. The molecule has 1 N–H and O–H groups in total. The molecule has 3 aromatic heterocycles. The fourth-order valence-electron chi connectivity index (χ4n) is 3.62. The molecule has 7 heteroatoms. The number of benzene rings is 1. The van der Waals surface area contributed by atoms with Crippen LogP contribution in [0.5, 0.6) is 5.75 Å². The molecule has 29 heavy (non-hydrogen) atoms. The van der Waals surface area contributed by atoms with Gasteiger partial charge in [-0.3, -0.25) is 9.78 Å². The minimum absolute atomic E-state index is 0.252. The van der Waals surface area contributed by atoms with Crippen molar-refractivity contribution >= 4 is 10.9 Å². The highest BCUT2D eigenvalue weighted by molar-refractivity contribution is 5.90. The van der Waals surface area contributed by atoms with E-state index in [1.165, 1.54) is 0 Å². The summed E-state index contributed by atoms with van der Waals surface area (Å²) in [5, 5.41) is 14.6. The summed E-state index contributed by atoms with van der Waals surface area (Å²) < 4.78 is 12.6. The number of pyridine rings is 2. The van der Waals surface area contributed by atoms with Crippen LogP contribution in [-0.2, 0) is 13.2 Å². The molecular formula is C22H21N3O4. The van der Waals surface area contributed by atoms with Crippen molar-refractivity contribution in [1.29, 1.82) is 0 Å². The summed E-state index contributed by atoms with van der Waals surface area (Å²) in [6, 6.07) is 11.1. The van der Waals surface area contributed by atoms with Crippen molar-refractivity contribution in [3.05, 3.63) is 75.7 Å². The minimum atomic E-state index is -0.344. The quantitative estimate of drug-likeness (QED) is 0.562. The highest BCUT2D eigenvalue weighted by Gasteiger charge is 2.19. The Kier molecular flexibility index (Phi) is 4.90. The number of hydrogen-bond donors (Lipinski definition) is 1. The van der Waals surface area contributed by atoms with Crippen LogP contribution in [0.25, 0.3) is 22.0 Å². The lowest BCUT2D eigenvalue weighted by Gasteiger charge is -2.16. The van der Waals surface area contributed by atoms with E-state index >= 15 is 0 Å². The third-order valence-electron chi connectivity index (χ3n) is 5.01. The van der Waals surface area contributed by atoms with E-state index in [0.717, 1.165) is 27.9 Å². The smallest absolute Gasteiger partial charge is 0.256 e. The number of fused-ring (bicyclic) bond motifs is 1. The second-order valence-electron chi connectivity index (χ2n) is 6.85. The first-order chi connectivity index (χ1) is 14.0. The van der Waals surface area contributed by atoms with Crippen LogP contribution in [0, 0.1) is 13.8 Å². The SMILES string of the molecule is COc1cc2c(cc1-c1c(C)noc1C)cc(CO)c(=O)n2Cc1ccccn1. The molecule has 0 aliphatic rings. The summed E-state index contributed by atoms with van der Waals surface area (Å²) in [6.45, 7) is 3.66. The van der Waals surface area contributed by atoms with Crippen molar-refractivity contribution in [1.82, 2.24) is 14.7 Å². The molecule has 0 radical (unpaired) electrons. The van der Waals surface area contributed by atoms with Gasteiger partial charge in [0, 0.05) is 23.4 Å². The molecule has 0 amide bonds. The van der Waals surface area contributed by atoms with Gasteiger partial charge in [0.25, 0.3) is 5.56 Å². The Bertz CT molecular complexity index is 1220. The number of aryl methyl sites for hydroxylation is 2. The van der Waals surface area contributed by atoms with E-state index in [9.17, 15) is 9.90 Å². The number of ether oxygens (including phenoxy) is 1. The minimum Gasteiger partial charge on any atom is -0.496 e. The van der Waals surface area contributed by atoms with Crippen molar-refractivity contribution < 1.29 is 14.4 Å². The van der Waals surface area contributed by atoms with Gasteiger partial charge in [0.2, 0.25) is 0 Å². The number of hydrogen-bond acceptors (Lipinski definition) is 6. The van der Waals surface area contributed by atoms with Crippen molar-refractivity contribution in [2.75, 3.05) is 7.11 Å². The van der Waals surface area contributed by atoms with E-state index in [1.807, 2.05) is 44.2 Å². The maximum absolute atomic E-state index is 12.9. The number of aliphatic hydroxyl groups is 1. The third kappa shape index (κ3) is 3.30. The zero-order valence-corrected chi connectivity index (χ0v) is 16.5. The van der Waals surface area contributed by atoms with E-state index in [2.05, 4.69) is 10.1 Å². The monoisotopic (exact) mass is 391 g/mol. The Balaban J connectivity index is 2.01. The predicted molar refractivity (Wildman–Crippen MR) is 109 cm³/mol. The van der Waals surface area contributed by atoms with Crippen molar-refractivity contribution in [3.63, 3.8) is 0 Å². The molecule has 0 aliphatic heterocycles. The van der Waals surface area contributed by atoms with E-state index in [4.69, 9.17) is 9.26 Å². The van der Waals surface area contributed by atoms with Crippen LogP contribution in [0.3, 0.4) is 0 Å². The van der Waals surface area contributed by atoms with Crippen LogP contribution in [0.2, 0.25) is 0 Å². The Morgan fingerprint density at radius 2 is 2.03 bits per heavy atom. The molecule has 0 fully saturated rings. The molecule has 7 nitrogen and oxygen atoms in total. The molecule has 0 saturated heterocycles. The van der Waals surface area contributed by atoms with Crippen molar-refractivity contribution in [2.45, 2.75) is 27.0 Å². The molecule has 148 valence electrons. The topological polar surface area (TPSA) is 90.4 Å². The first-order valence-electron chi connectivity index (χ1n) is 9.22. The largest absolute Gasteiger partial charge is 0.496 e. The number of nitrogens with zero attached hydrogens (tertiary/aromatic N) is 3. The van der Waals surface area contributed by atoms with E-state index < -0.39 is 0 Å². The first kappa shape index (κ1) is 18.9. The first-order valence-corrected chi connectivity index (χ1v) is 9.22. The van der Waals surface area contributed by atoms with Gasteiger partial charge in [0.1, 0.15) is 11.5 Å².